The van der Waals surface area contributed by atoms with Gasteiger partial charge in [0.1, 0.15) is 17.4 Å². The molecule has 0 aromatic heterocycles. The number of likely N-dealkylation sites (N-methyl/N-ethyl adjacent to an activating group) is 1. The topological polar surface area (TPSA) is 35.8 Å². The van der Waals surface area contributed by atoms with Gasteiger partial charge in [-0.25, -0.2) is 4.99 Å². The van der Waals surface area contributed by atoms with Gasteiger partial charge in [0.15, 0.2) is 0 Å². The van der Waals surface area contributed by atoms with Crippen molar-refractivity contribution in [3.8, 4) is 0 Å². The van der Waals surface area contributed by atoms with Crippen molar-refractivity contribution in [3.05, 3.63) is 0 Å². The fourth-order valence-electron chi connectivity index (χ4n) is 4.13. The Bertz CT molecular complexity index is 389. The quantitative estimate of drug-likeness (QED) is 0.137. The molecule has 1 aliphatic rings. The van der Waals surface area contributed by atoms with Crippen LogP contribution in [0.25, 0.3) is 0 Å². The number of halogens is 1. The monoisotopic (exact) mass is 414 g/mol. The Morgan fingerprint density at radius 3 is 1.57 bits per heavy atom. The van der Waals surface area contributed by atoms with Gasteiger partial charge < -0.3 is 10.0 Å². The maximum atomic E-state index is 10.2. The Labute approximate surface area is 180 Å². The molecule has 3 nitrogen and oxygen atoms in total. The van der Waals surface area contributed by atoms with E-state index < -0.39 is 6.10 Å². The third-order valence-electron chi connectivity index (χ3n) is 5.97. The molecule has 0 aliphatic carbocycles. The standard InChI is InChI=1S/C24H47ClN2O/c1-3-4-5-6-7-8-9-10-11-12-13-14-15-16-17-18-19-20-22(28)24-26-23(25)21-27(24)2/h22-23,28H,3-21H2,1-2H3. The van der Waals surface area contributed by atoms with Crippen LogP contribution >= 0.6 is 11.6 Å². The number of hydrogen-bond donors (Lipinski definition) is 1. The Hall–Kier alpha value is -0.280. The summed E-state index contributed by atoms with van der Waals surface area (Å²) >= 11 is 6.01. The molecule has 0 amide bonds. The summed E-state index contributed by atoms with van der Waals surface area (Å²) in [4.78, 5) is 6.30. The van der Waals surface area contributed by atoms with Crippen molar-refractivity contribution in [2.75, 3.05) is 13.6 Å². The first-order valence-corrected chi connectivity index (χ1v) is 12.7. The Balaban J connectivity index is 1.77. The van der Waals surface area contributed by atoms with E-state index in [0.717, 1.165) is 18.7 Å². The Kier molecular flexibility index (Phi) is 16.2. The van der Waals surface area contributed by atoms with Gasteiger partial charge >= 0.3 is 0 Å². The average molecular weight is 415 g/mol. The number of aliphatic imine (C=N–C) groups is 1. The number of rotatable bonds is 19. The summed E-state index contributed by atoms with van der Waals surface area (Å²) in [5.74, 6) is 0.775. The molecule has 0 radical (unpaired) electrons. The number of aliphatic hydroxyl groups is 1. The second-order valence-electron chi connectivity index (χ2n) is 8.76. The fraction of sp³-hybridized carbons (Fsp3) is 0.958. The van der Waals surface area contributed by atoms with Gasteiger partial charge in [-0.1, -0.05) is 128 Å². The second kappa shape index (κ2) is 17.6. The van der Waals surface area contributed by atoms with Crippen molar-refractivity contribution < 1.29 is 5.11 Å². The molecule has 1 N–H and O–H groups in total. The summed E-state index contributed by atoms with van der Waals surface area (Å²) in [6.07, 6.45) is 23.9. The predicted octanol–water partition coefficient (Wildman–Crippen LogP) is 7.30. The molecule has 1 heterocycles. The SMILES string of the molecule is CCCCCCCCCCCCCCCCCCCC(O)C1=NC(Cl)CN1C. The first kappa shape index (κ1) is 25.8. The molecule has 0 spiro atoms. The molecule has 2 atom stereocenters. The largest absolute Gasteiger partial charge is 0.385 e. The number of nitrogens with zero attached hydrogens (tertiary/aromatic N) is 2. The van der Waals surface area contributed by atoms with Crippen LogP contribution in [0.15, 0.2) is 4.99 Å². The molecule has 0 bridgehead atoms. The third kappa shape index (κ3) is 13.0. The molecule has 0 aromatic carbocycles. The van der Waals surface area contributed by atoms with E-state index in [0.29, 0.717) is 6.54 Å². The highest BCUT2D eigenvalue weighted by molar-refractivity contribution is 6.22. The van der Waals surface area contributed by atoms with Crippen LogP contribution in [-0.2, 0) is 0 Å². The summed E-state index contributed by atoms with van der Waals surface area (Å²) in [5, 5.41) is 10.2. The summed E-state index contributed by atoms with van der Waals surface area (Å²) in [5.41, 5.74) is -0.190. The van der Waals surface area contributed by atoms with Crippen molar-refractivity contribution in [3.63, 3.8) is 0 Å². The molecule has 2 unspecified atom stereocenters. The van der Waals surface area contributed by atoms with Crippen LogP contribution in [-0.4, -0.2) is 41.0 Å². The van der Waals surface area contributed by atoms with E-state index in [1.807, 2.05) is 11.9 Å². The van der Waals surface area contributed by atoms with Gasteiger partial charge in [-0.3, -0.25) is 0 Å². The first-order chi connectivity index (χ1) is 13.6. The highest BCUT2D eigenvalue weighted by atomic mass is 35.5. The Morgan fingerprint density at radius 2 is 1.21 bits per heavy atom. The summed E-state index contributed by atoms with van der Waals surface area (Å²) in [6.45, 7) is 3.00. The van der Waals surface area contributed by atoms with Gasteiger partial charge in [-0.15, -0.1) is 0 Å². The van der Waals surface area contributed by atoms with Crippen LogP contribution in [0.5, 0.6) is 0 Å². The van der Waals surface area contributed by atoms with E-state index in [4.69, 9.17) is 11.6 Å². The molecule has 0 fully saturated rings. The number of aliphatic hydroxyl groups excluding tert-OH is 1. The van der Waals surface area contributed by atoms with Crippen molar-refractivity contribution >= 4 is 17.4 Å². The number of alkyl halides is 1. The van der Waals surface area contributed by atoms with Crippen molar-refractivity contribution in [1.82, 2.24) is 4.90 Å². The van der Waals surface area contributed by atoms with Crippen molar-refractivity contribution in [2.24, 2.45) is 4.99 Å². The zero-order valence-corrected chi connectivity index (χ0v) is 19.6. The Morgan fingerprint density at radius 1 is 0.821 bits per heavy atom. The lowest BCUT2D eigenvalue weighted by Gasteiger charge is -2.18. The van der Waals surface area contributed by atoms with Crippen molar-refractivity contribution in [1.29, 1.82) is 0 Å². The van der Waals surface area contributed by atoms with E-state index in [9.17, 15) is 5.11 Å². The molecule has 166 valence electrons. The average Bonchev–Trinajstić information content (AvgIpc) is 3.02. The minimum Gasteiger partial charge on any atom is -0.385 e. The van der Waals surface area contributed by atoms with Crippen molar-refractivity contribution in [2.45, 2.75) is 134 Å². The predicted molar refractivity (Wildman–Crippen MR) is 124 cm³/mol. The van der Waals surface area contributed by atoms with E-state index in [2.05, 4.69) is 11.9 Å². The smallest absolute Gasteiger partial charge is 0.143 e. The molecule has 4 heteroatoms. The normalized spacial score (nSPS) is 17.9. The molecule has 28 heavy (non-hydrogen) atoms. The first-order valence-electron chi connectivity index (χ1n) is 12.3. The van der Waals surface area contributed by atoms with E-state index in [1.165, 1.54) is 103 Å². The van der Waals surface area contributed by atoms with Gasteiger partial charge in [0.25, 0.3) is 0 Å². The van der Waals surface area contributed by atoms with Gasteiger partial charge in [-0.2, -0.15) is 0 Å². The van der Waals surface area contributed by atoms with Crippen LogP contribution in [0.3, 0.4) is 0 Å². The maximum Gasteiger partial charge on any atom is 0.143 e. The summed E-state index contributed by atoms with van der Waals surface area (Å²) in [6, 6.07) is 0. The molecular formula is C24H47ClN2O. The van der Waals surface area contributed by atoms with Crippen LogP contribution < -0.4 is 0 Å². The number of amidine groups is 1. The van der Waals surface area contributed by atoms with Gasteiger partial charge in [0.2, 0.25) is 0 Å². The molecule has 0 aromatic rings. The highest BCUT2D eigenvalue weighted by Gasteiger charge is 2.25. The lowest BCUT2D eigenvalue weighted by atomic mass is 10.0. The highest BCUT2D eigenvalue weighted by Crippen LogP contribution is 2.17. The molecule has 0 saturated carbocycles. The van der Waals surface area contributed by atoms with Crippen LogP contribution in [0.1, 0.15) is 122 Å². The number of hydrogen-bond acceptors (Lipinski definition) is 3. The lowest BCUT2D eigenvalue weighted by Crippen LogP contribution is -2.33. The minimum absolute atomic E-state index is 0.190. The van der Waals surface area contributed by atoms with Crippen LogP contribution in [0.4, 0.5) is 0 Å². The number of unbranched alkanes of at least 4 members (excludes halogenated alkanes) is 16. The third-order valence-corrected chi connectivity index (χ3v) is 6.20. The molecule has 0 saturated heterocycles. The molecular weight excluding hydrogens is 368 g/mol. The zero-order valence-electron chi connectivity index (χ0n) is 18.8. The maximum absolute atomic E-state index is 10.2. The van der Waals surface area contributed by atoms with Crippen LogP contribution in [0, 0.1) is 0 Å². The zero-order chi connectivity index (χ0) is 20.5. The van der Waals surface area contributed by atoms with Gasteiger partial charge in [-0.05, 0) is 6.42 Å². The van der Waals surface area contributed by atoms with Crippen LogP contribution in [0.2, 0.25) is 0 Å². The molecule has 1 rings (SSSR count). The summed E-state index contributed by atoms with van der Waals surface area (Å²) in [7, 11) is 1.96. The van der Waals surface area contributed by atoms with E-state index in [-0.39, 0.29) is 5.50 Å². The minimum atomic E-state index is -0.440. The second-order valence-corrected chi connectivity index (χ2v) is 9.27. The van der Waals surface area contributed by atoms with E-state index >= 15 is 0 Å². The lowest BCUT2D eigenvalue weighted by molar-refractivity contribution is 0.213. The van der Waals surface area contributed by atoms with E-state index in [1.54, 1.807) is 0 Å². The fourth-order valence-corrected chi connectivity index (χ4v) is 4.44. The van der Waals surface area contributed by atoms with Gasteiger partial charge in [0, 0.05) is 7.05 Å². The molecule has 1 aliphatic heterocycles. The summed E-state index contributed by atoms with van der Waals surface area (Å²) < 4.78 is 0. The van der Waals surface area contributed by atoms with Gasteiger partial charge in [0.05, 0.1) is 6.54 Å².